The van der Waals surface area contributed by atoms with Gasteiger partial charge in [-0.3, -0.25) is 9.59 Å². The van der Waals surface area contributed by atoms with Crippen LogP contribution in [0.3, 0.4) is 0 Å². The lowest BCUT2D eigenvalue weighted by Crippen LogP contribution is -2.31. The van der Waals surface area contributed by atoms with Gasteiger partial charge in [-0.15, -0.1) is 0 Å². The number of hydrogen-bond donors (Lipinski definition) is 5. The lowest BCUT2D eigenvalue weighted by Gasteiger charge is -2.07. The maximum atomic E-state index is 10.2. The van der Waals surface area contributed by atoms with Gasteiger partial charge >= 0.3 is 11.9 Å². The Kier molecular flexibility index (Phi) is 7.49. The van der Waals surface area contributed by atoms with Gasteiger partial charge in [0.05, 0.1) is 6.10 Å². The number of carboxylic acid groups (broad SMARTS) is 2. The number of nitrogens with two attached hydrogens (primary N) is 1. The Bertz CT molecular complexity index is 283. The second-order valence-electron chi connectivity index (χ2n) is 4.76. The fraction of sp³-hybridized carbons (Fsp3) is 0.818. The Labute approximate surface area is 106 Å². The average Bonchev–Trinajstić information content (AvgIpc) is 2.64. The van der Waals surface area contributed by atoms with Crippen molar-refractivity contribution >= 4 is 11.9 Å². The maximum Gasteiger partial charge on any atom is 0.320 e. The van der Waals surface area contributed by atoms with Gasteiger partial charge in [0.2, 0.25) is 0 Å². The van der Waals surface area contributed by atoms with E-state index in [1.807, 2.05) is 13.8 Å². The molecule has 0 bridgehead atoms. The van der Waals surface area contributed by atoms with Crippen LogP contribution in [0.1, 0.15) is 26.7 Å². The van der Waals surface area contributed by atoms with Crippen LogP contribution in [-0.4, -0.2) is 52.0 Å². The minimum absolute atomic E-state index is 0.329. The van der Waals surface area contributed by atoms with Crippen LogP contribution in [0, 0.1) is 5.92 Å². The summed E-state index contributed by atoms with van der Waals surface area (Å²) in [6.07, 6.45) is 0.399. The number of aliphatic hydroxyl groups is 1. The summed E-state index contributed by atoms with van der Waals surface area (Å²) in [5.41, 5.74) is 5.22. The molecule has 0 saturated carbocycles. The van der Waals surface area contributed by atoms with E-state index in [1.54, 1.807) is 0 Å². The second kappa shape index (κ2) is 8.02. The molecule has 1 fully saturated rings. The Morgan fingerprint density at radius 3 is 2.11 bits per heavy atom. The standard InChI is InChI=1S/C6H13NO2.C5H9NO3/c1-4(2)3-5(7)6(8)9;7-3-1-4(5(8)9)6-2-3/h4-5H,3,7H2,1-2H3,(H,8,9);3-4,6-7H,1-2H2,(H,8,9)/t;3-,4+/m.1/s1. The number of aliphatic carboxylic acids is 2. The summed E-state index contributed by atoms with van der Waals surface area (Å²) in [6.45, 7) is 4.29. The monoisotopic (exact) mass is 262 g/mol. The summed E-state index contributed by atoms with van der Waals surface area (Å²) >= 11 is 0. The topological polar surface area (TPSA) is 133 Å². The van der Waals surface area contributed by atoms with Crippen LogP contribution in [0.25, 0.3) is 0 Å². The summed E-state index contributed by atoms with van der Waals surface area (Å²) in [6, 6.07) is -1.23. The first-order chi connectivity index (χ1) is 8.23. The van der Waals surface area contributed by atoms with Gasteiger partial charge in [-0.2, -0.15) is 0 Å². The zero-order chi connectivity index (χ0) is 14.3. The lowest BCUT2D eigenvalue weighted by molar-refractivity contribution is -0.140. The van der Waals surface area contributed by atoms with Crippen molar-refractivity contribution < 1.29 is 24.9 Å². The SMILES string of the molecule is CC(C)CC(N)C(=O)O.O=C(O)[C@@H]1C[C@@H](O)CN1. The molecule has 0 aromatic heterocycles. The first-order valence-corrected chi connectivity index (χ1v) is 5.86. The molecular formula is C11H22N2O5. The van der Waals surface area contributed by atoms with Gasteiger partial charge in [0.25, 0.3) is 0 Å². The van der Waals surface area contributed by atoms with Crippen molar-refractivity contribution in [3.63, 3.8) is 0 Å². The number of β-amino-alcohol motifs (C(OH)–C–C–N with tert-alkyl or cyclic N) is 1. The number of nitrogens with one attached hydrogen (secondary N) is 1. The van der Waals surface area contributed by atoms with Crippen molar-refractivity contribution in [3.8, 4) is 0 Å². The van der Waals surface area contributed by atoms with Gasteiger partial charge < -0.3 is 26.4 Å². The molecule has 3 atom stereocenters. The molecule has 0 aromatic carbocycles. The van der Waals surface area contributed by atoms with E-state index < -0.39 is 30.1 Å². The van der Waals surface area contributed by atoms with E-state index in [2.05, 4.69) is 5.32 Å². The maximum absolute atomic E-state index is 10.2. The lowest BCUT2D eigenvalue weighted by atomic mass is 10.1. The molecule has 106 valence electrons. The van der Waals surface area contributed by atoms with Gasteiger partial charge in [-0.1, -0.05) is 13.8 Å². The molecule has 1 aliphatic heterocycles. The molecule has 0 spiro atoms. The molecule has 18 heavy (non-hydrogen) atoms. The third-order valence-electron chi connectivity index (χ3n) is 2.45. The zero-order valence-electron chi connectivity index (χ0n) is 10.7. The molecule has 0 aromatic rings. The van der Waals surface area contributed by atoms with Crippen LogP contribution in [0.4, 0.5) is 0 Å². The van der Waals surface area contributed by atoms with Crippen LogP contribution in [-0.2, 0) is 9.59 Å². The minimum atomic E-state index is -0.913. The van der Waals surface area contributed by atoms with Crippen molar-refractivity contribution in [1.29, 1.82) is 0 Å². The smallest absolute Gasteiger partial charge is 0.320 e. The average molecular weight is 262 g/mol. The molecule has 0 aliphatic carbocycles. The first kappa shape index (κ1) is 16.8. The molecule has 1 rings (SSSR count). The van der Waals surface area contributed by atoms with E-state index in [0.717, 1.165) is 0 Å². The summed E-state index contributed by atoms with van der Waals surface area (Å²) in [7, 11) is 0. The van der Waals surface area contributed by atoms with Crippen LogP contribution in [0.5, 0.6) is 0 Å². The van der Waals surface area contributed by atoms with Crippen molar-refractivity contribution in [2.75, 3.05) is 6.54 Å². The summed E-state index contributed by atoms with van der Waals surface area (Å²) in [4.78, 5) is 20.3. The summed E-state index contributed by atoms with van der Waals surface area (Å²) in [5, 5.41) is 28.1. The third-order valence-corrected chi connectivity index (χ3v) is 2.45. The van der Waals surface area contributed by atoms with E-state index in [0.29, 0.717) is 25.3 Å². The summed E-state index contributed by atoms with van der Waals surface area (Å²) in [5.74, 6) is -1.44. The van der Waals surface area contributed by atoms with Crippen LogP contribution in [0.15, 0.2) is 0 Å². The van der Waals surface area contributed by atoms with Gasteiger partial charge in [0, 0.05) is 13.0 Å². The van der Waals surface area contributed by atoms with Crippen LogP contribution >= 0.6 is 0 Å². The first-order valence-electron chi connectivity index (χ1n) is 5.86. The molecule has 1 heterocycles. The highest BCUT2D eigenvalue weighted by Gasteiger charge is 2.27. The minimum Gasteiger partial charge on any atom is -0.480 e. The van der Waals surface area contributed by atoms with Crippen LogP contribution < -0.4 is 11.1 Å². The fourth-order valence-electron chi connectivity index (χ4n) is 1.51. The molecule has 1 saturated heterocycles. The van der Waals surface area contributed by atoms with E-state index in [4.69, 9.17) is 21.1 Å². The molecule has 0 radical (unpaired) electrons. The summed E-state index contributed by atoms with van der Waals surface area (Å²) < 4.78 is 0. The Hall–Kier alpha value is -1.18. The molecule has 6 N–H and O–H groups in total. The van der Waals surface area contributed by atoms with Crippen molar-refractivity contribution in [3.05, 3.63) is 0 Å². The Morgan fingerprint density at radius 1 is 1.39 bits per heavy atom. The van der Waals surface area contributed by atoms with E-state index >= 15 is 0 Å². The van der Waals surface area contributed by atoms with Gasteiger partial charge in [-0.25, -0.2) is 0 Å². The number of hydrogen-bond acceptors (Lipinski definition) is 5. The van der Waals surface area contributed by atoms with E-state index in [9.17, 15) is 9.59 Å². The molecule has 7 heteroatoms. The number of carboxylic acids is 2. The van der Waals surface area contributed by atoms with E-state index in [1.165, 1.54) is 0 Å². The molecule has 1 aliphatic rings. The van der Waals surface area contributed by atoms with Gasteiger partial charge in [0.15, 0.2) is 0 Å². The number of carbonyl (C=O) groups is 2. The highest BCUT2D eigenvalue weighted by molar-refractivity contribution is 5.74. The van der Waals surface area contributed by atoms with Crippen molar-refractivity contribution in [2.24, 2.45) is 11.7 Å². The number of aliphatic hydroxyl groups excluding tert-OH is 1. The Balaban J connectivity index is 0.000000321. The fourth-order valence-corrected chi connectivity index (χ4v) is 1.51. The molecule has 7 nitrogen and oxygen atoms in total. The van der Waals surface area contributed by atoms with Crippen LogP contribution in [0.2, 0.25) is 0 Å². The molecule has 0 amide bonds. The zero-order valence-corrected chi connectivity index (χ0v) is 10.7. The van der Waals surface area contributed by atoms with Crippen molar-refractivity contribution in [2.45, 2.75) is 44.9 Å². The predicted octanol–water partition coefficient (Wildman–Crippen LogP) is -0.762. The predicted molar refractivity (Wildman–Crippen MR) is 65.1 cm³/mol. The second-order valence-corrected chi connectivity index (χ2v) is 4.76. The molecule has 1 unspecified atom stereocenters. The van der Waals surface area contributed by atoms with Crippen molar-refractivity contribution in [1.82, 2.24) is 5.32 Å². The third kappa shape index (κ3) is 7.21. The normalized spacial score (nSPS) is 24.3. The quantitative estimate of drug-likeness (QED) is 0.449. The number of rotatable bonds is 4. The van der Waals surface area contributed by atoms with E-state index in [-0.39, 0.29) is 0 Å². The highest BCUT2D eigenvalue weighted by atomic mass is 16.4. The largest absolute Gasteiger partial charge is 0.480 e. The van der Waals surface area contributed by atoms with Gasteiger partial charge in [-0.05, 0) is 12.3 Å². The highest BCUT2D eigenvalue weighted by Crippen LogP contribution is 2.05. The Morgan fingerprint density at radius 2 is 1.94 bits per heavy atom. The van der Waals surface area contributed by atoms with Gasteiger partial charge in [0.1, 0.15) is 12.1 Å². The molecular weight excluding hydrogens is 240 g/mol.